The highest BCUT2D eigenvalue weighted by Crippen LogP contribution is 2.29. The second-order valence-electron chi connectivity index (χ2n) is 7.08. The number of carboxylic acids is 1. The molecule has 1 saturated heterocycles. The Kier molecular flexibility index (Phi) is 6.48. The fraction of sp³-hybridized carbons (Fsp3) is 0.409. The third kappa shape index (κ3) is 4.87. The summed E-state index contributed by atoms with van der Waals surface area (Å²) in [6, 6.07) is 13.6. The Bertz CT molecular complexity index is 790. The van der Waals surface area contributed by atoms with Crippen molar-refractivity contribution in [3.8, 4) is 5.75 Å². The van der Waals surface area contributed by atoms with Crippen molar-refractivity contribution in [3.63, 3.8) is 0 Å². The number of methoxy groups -OCH3 is 2. The third-order valence-electron chi connectivity index (χ3n) is 5.16. The molecule has 5 nitrogen and oxygen atoms in total. The summed E-state index contributed by atoms with van der Waals surface area (Å²) in [5, 5.41) is 9.24. The van der Waals surface area contributed by atoms with E-state index in [4.69, 9.17) is 9.47 Å². The summed E-state index contributed by atoms with van der Waals surface area (Å²) in [6.07, 6.45) is 2.21. The molecule has 1 aliphatic heterocycles. The van der Waals surface area contributed by atoms with Gasteiger partial charge in [-0.2, -0.15) is 0 Å². The Hall–Kier alpha value is -2.37. The van der Waals surface area contributed by atoms with Crippen molar-refractivity contribution < 1.29 is 19.4 Å². The van der Waals surface area contributed by atoms with E-state index in [1.165, 1.54) is 5.56 Å². The van der Waals surface area contributed by atoms with Crippen LogP contribution in [0.2, 0.25) is 0 Å². The number of ether oxygens (including phenoxy) is 2. The first kappa shape index (κ1) is 19.4. The van der Waals surface area contributed by atoms with E-state index in [-0.39, 0.29) is 0 Å². The molecule has 1 atom stereocenters. The van der Waals surface area contributed by atoms with Gasteiger partial charge in [0.15, 0.2) is 0 Å². The van der Waals surface area contributed by atoms with Crippen LogP contribution in [0.15, 0.2) is 42.5 Å². The van der Waals surface area contributed by atoms with E-state index < -0.39 is 5.97 Å². The third-order valence-corrected chi connectivity index (χ3v) is 5.16. The topological polar surface area (TPSA) is 59.0 Å². The Morgan fingerprint density at radius 3 is 2.81 bits per heavy atom. The first-order chi connectivity index (χ1) is 13.1. The summed E-state index contributed by atoms with van der Waals surface area (Å²) in [6.45, 7) is 3.40. The van der Waals surface area contributed by atoms with Crippen LogP contribution in [-0.4, -0.2) is 43.3 Å². The number of carboxylic acid groups (broad SMARTS) is 1. The number of aromatic carboxylic acids is 1. The lowest BCUT2D eigenvalue weighted by Crippen LogP contribution is -2.34. The van der Waals surface area contributed by atoms with E-state index in [1.807, 2.05) is 24.3 Å². The number of likely N-dealkylation sites (tertiary alicyclic amines) is 1. The van der Waals surface area contributed by atoms with E-state index in [9.17, 15) is 9.90 Å². The zero-order valence-electron chi connectivity index (χ0n) is 16.0. The van der Waals surface area contributed by atoms with Crippen LogP contribution >= 0.6 is 0 Å². The average Bonchev–Trinajstić information content (AvgIpc) is 2.69. The number of carbonyl (C=O) groups is 1. The maximum absolute atomic E-state index is 11.2. The van der Waals surface area contributed by atoms with Gasteiger partial charge in [-0.1, -0.05) is 18.2 Å². The molecule has 0 saturated carbocycles. The zero-order chi connectivity index (χ0) is 19.2. The van der Waals surface area contributed by atoms with Crippen LogP contribution in [0.4, 0.5) is 0 Å². The van der Waals surface area contributed by atoms with Crippen LogP contribution in [0, 0.1) is 0 Å². The van der Waals surface area contributed by atoms with Crippen molar-refractivity contribution in [1.82, 2.24) is 4.90 Å². The van der Waals surface area contributed by atoms with Crippen LogP contribution in [0.5, 0.6) is 5.75 Å². The number of hydrogen-bond acceptors (Lipinski definition) is 4. The first-order valence-corrected chi connectivity index (χ1v) is 9.31. The first-order valence-electron chi connectivity index (χ1n) is 9.31. The van der Waals surface area contributed by atoms with Gasteiger partial charge in [0.1, 0.15) is 5.75 Å². The van der Waals surface area contributed by atoms with Crippen LogP contribution < -0.4 is 4.74 Å². The van der Waals surface area contributed by atoms with Crippen LogP contribution in [0.1, 0.15) is 45.8 Å². The van der Waals surface area contributed by atoms with Gasteiger partial charge in [0, 0.05) is 25.8 Å². The Morgan fingerprint density at radius 1 is 1.22 bits per heavy atom. The van der Waals surface area contributed by atoms with Crippen LogP contribution in [-0.2, 0) is 17.9 Å². The molecule has 27 heavy (non-hydrogen) atoms. The maximum Gasteiger partial charge on any atom is 0.335 e. The monoisotopic (exact) mass is 369 g/mol. The molecule has 0 spiro atoms. The summed E-state index contributed by atoms with van der Waals surface area (Å²) in [5.41, 5.74) is 3.78. The summed E-state index contributed by atoms with van der Waals surface area (Å²) >= 11 is 0. The molecule has 3 rings (SSSR count). The molecule has 1 N–H and O–H groups in total. The van der Waals surface area contributed by atoms with Gasteiger partial charge in [-0.25, -0.2) is 4.79 Å². The van der Waals surface area contributed by atoms with Crippen LogP contribution in [0.3, 0.4) is 0 Å². The van der Waals surface area contributed by atoms with Crippen LogP contribution in [0.25, 0.3) is 0 Å². The fourth-order valence-electron chi connectivity index (χ4n) is 3.85. The summed E-state index contributed by atoms with van der Waals surface area (Å²) < 4.78 is 10.7. The lowest BCUT2D eigenvalue weighted by molar-refractivity contribution is 0.0696. The van der Waals surface area contributed by atoms with Gasteiger partial charge in [0.25, 0.3) is 0 Å². The van der Waals surface area contributed by atoms with Gasteiger partial charge in [0.05, 0.1) is 19.3 Å². The second kappa shape index (κ2) is 9.02. The van der Waals surface area contributed by atoms with Crippen molar-refractivity contribution in [2.75, 3.05) is 27.3 Å². The van der Waals surface area contributed by atoms with Gasteiger partial charge in [-0.15, -0.1) is 0 Å². The van der Waals surface area contributed by atoms with E-state index in [0.29, 0.717) is 18.1 Å². The molecule has 0 radical (unpaired) electrons. The highest BCUT2D eigenvalue weighted by molar-refractivity contribution is 5.87. The van der Waals surface area contributed by atoms with E-state index in [1.54, 1.807) is 20.3 Å². The van der Waals surface area contributed by atoms with Crippen molar-refractivity contribution in [2.24, 2.45) is 0 Å². The Morgan fingerprint density at radius 2 is 2.07 bits per heavy atom. The number of benzene rings is 2. The molecule has 0 aromatic heterocycles. The molecule has 0 bridgehead atoms. The minimum Gasteiger partial charge on any atom is -0.496 e. The summed E-state index contributed by atoms with van der Waals surface area (Å²) in [4.78, 5) is 13.7. The SMILES string of the molecule is COCc1cc(CN2CCC[C@@H](c3cccc(C(=O)O)c3)C2)ccc1OC. The predicted molar refractivity (Wildman–Crippen MR) is 104 cm³/mol. The smallest absolute Gasteiger partial charge is 0.335 e. The fourth-order valence-corrected chi connectivity index (χ4v) is 3.85. The van der Waals surface area contributed by atoms with Crippen molar-refractivity contribution in [3.05, 3.63) is 64.7 Å². The molecule has 0 amide bonds. The van der Waals surface area contributed by atoms with Crippen molar-refractivity contribution in [1.29, 1.82) is 0 Å². The highest BCUT2D eigenvalue weighted by atomic mass is 16.5. The molecule has 1 aliphatic rings. The maximum atomic E-state index is 11.2. The van der Waals surface area contributed by atoms with Gasteiger partial charge in [-0.3, -0.25) is 4.90 Å². The largest absolute Gasteiger partial charge is 0.496 e. The van der Waals surface area contributed by atoms with E-state index in [0.717, 1.165) is 49.4 Å². The number of nitrogens with zero attached hydrogens (tertiary/aromatic N) is 1. The standard InChI is InChI=1S/C22H27NO4/c1-26-15-20-11-16(8-9-21(20)27-2)13-23-10-4-7-19(14-23)17-5-3-6-18(12-17)22(24)25/h3,5-6,8-9,11-12,19H,4,7,10,13-15H2,1-2H3,(H,24,25)/t19-/m1/s1. The number of piperidine rings is 1. The Labute approximate surface area is 160 Å². The van der Waals surface area contributed by atoms with Crippen molar-refractivity contribution in [2.45, 2.75) is 31.9 Å². The quantitative estimate of drug-likeness (QED) is 0.802. The minimum atomic E-state index is -0.867. The normalized spacial score (nSPS) is 17.6. The van der Waals surface area contributed by atoms with Gasteiger partial charge in [0.2, 0.25) is 0 Å². The second-order valence-corrected chi connectivity index (χ2v) is 7.08. The molecule has 0 aliphatic carbocycles. The molecular formula is C22H27NO4. The molecule has 2 aromatic carbocycles. The van der Waals surface area contributed by atoms with Gasteiger partial charge >= 0.3 is 5.97 Å². The lowest BCUT2D eigenvalue weighted by Gasteiger charge is -2.33. The molecule has 2 aromatic rings. The molecular weight excluding hydrogens is 342 g/mol. The van der Waals surface area contributed by atoms with E-state index in [2.05, 4.69) is 17.0 Å². The highest BCUT2D eigenvalue weighted by Gasteiger charge is 2.22. The minimum absolute atomic E-state index is 0.365. The van der Waals surface area contributed by atoms with Gasteiger partial charge < -0.3 is 14.6 Å². The predicted octanol–water partition coefficient (Wildman–Crippen LogP) is 3.92. The molecule has 144 valence electrons. The Balaban J connectivity index is 1.71. The summed E-state index contributed by atoms with van der Waals surface area (Å²) in [7, 11) is 3.36. The number of rotatable bonds is 7. The molecule has 0 unspecified atom stereocenters. The van der Waals surface area contributed by atoms with Gasteiger partial charge in [-0.05, 0) is 60.7 Å². The molecule has 1 fully saturated rings. The summed E-state index contributed by atoms with van der Waals surface area (Å²) in [5.74, 6) is 0.353. The van der Waals surface area contributed by atoms with E-state index >= 15 is 0 Å². The molecule has 1 heterocycles. The average molecular weight is 369 g/mol. The van der Waals surface area contributed by atoms with Crippen molar-refractivity contribution >= 4 is 5.97 Å². The molecule has 5 heteroatoms. The zero-order valence-corrected chi connectivity index (χ0v) is 16.0. The lowest BCUT2D eigenvalue weighted by atomic mass is 9.89. The number of hydrogen-bond donors (Lipinski definition) is 1.